The highest BCUT2D eigenvalue weighted by Gasteiger charge is 2.12. The maximum atomic E-state index is 13.9. The van der Waals surface area contributed by atoms with Crippen molar-refractivity contribution in [2.75, 3.05) is 5.32 Å². The SMILES string of the molecule is CCc1ccc(Nc2c(F)cc(C(N)=S)cc2F)cc1. The third-order valence-corrected chi connectivity index (χ3v) is 3.19. The van der Waals surface area contributed by atoms with Gasteiger partial charge in [0.2, 0.25) is 0 Å². The van der Waals surface area contributed by atoms with Crippen LogP contribution in [-0.2, 0) is 6.42 Å². The van der Waals surface area contributed by atoms with Crippen molar-refractivity contribution in [2.45, 2.75) is 13.3 Å². The van der Waals surface area contributed by atoms with Gasteiger partial charge in [-0.2, -0.15) is 0 Å². The predicted molar refractivity (Wildman–Crippen MR) is 81.3 cm³/mol. The summed E-state index contributed by atoms with van der Waals surface area (Å²) in [5.74, 6) is -1.46. The van der Waals surface area contributed by atoms with E-state index in [0.717, 1.165) is 24.1 Å². The second-order valence-electron chi connectivity index (χ2n) is 4.35. The van der Waals surface area contributed by atoms with Gasteiger partial charge in [0.25, 0.3) is 0 Å². The second kappa shape index (κ2) is 5.96. The fourth-order valence-corrected chi connectivity index (χ4v) is 1.92. The first kappa shape index (κ1) is 14.4. The average Bonchev–Trinajstić information content (AvgIpc) is 2.43. The standard InChI is InChI=1S/C15H14F2N2S/c1-2-9-3-5-11(6-4-9)19-14-12(16)7-10(15(18)20)8-13(14)17/h3-8,19H,2H2,1H3,(H2,18,20). The van der Waals surface area contributed by atoms with Crippen molar-refractivity contribution in [2.24, 2.45) is 5.73 Å². The number of nitrogens with one attached hydrogen (secondary N) is 1. The van der Waals surface area contributed by atoms with Gasteiger partial charge in [0.1, 0.15) is 22.3 Å². The van der Waals surface area contributed by atoms with Gasteiger partial charge < -0.3 is 11.1 Å². The third kappa shape index (κ3) is 3.11. The number of rotatable bonds is 4. The minimum atomic E-state index is -0.729. The normalized spacial score (nSPS) is 10.3. The Morgan fingerprint density at radius 3 is 2.15 bits per heavy atom. The minimum absolute atomic E-state index is 0.0401. The lowest BCUT2D eigenvalue weighted by molar-refractivity contribution is 0.590. The van der Waals surface area contributed by atoms with Crippen molar-refractivity contribution in [3.8, 4) is 0 Å². The van der Waals surface area contributed by atoms with E-state index in [1.54, 1.807) is 12.1 Å². The maximum Gasteiger partial charge on any atom is 0.150 e. The van der Waals surface area contributed by atoms with Crippen molar-refractivity contribution in [1.29, 1.82) is 0 Å². The molecule has 0 bridgehead atoms. The monoisotopic (exact) mass is 292 g/mol. The van der Waals surface area contributed by atoms with Crippen LogP contribution in [0.25, 0.3) is 0 Å². The van der Waals surface area contributed by atoms with Crippen molar-refractivity contribution in [3.63, 3.8) is 0 Å². The lowest BCUT2D eigenvalue weighted by atomic mass is 10.1. The van der Waals surface area contributed by atoms with Gasteiger partial charge >= 0.3 is 0 Å². The van der Waals surface area contributed by atoms with Gasteiger partial charge in [-0.25, -0.2) is 8.78 Å². The molecule has 2 nitrogen and oxygen atoms in total. The topological polar surface area (TPSA) is 38.0 Å². The van der Waals surface area contributed by atoms with Crippen LogP contribution in [0, 0.1) is 11.6 Å². The van der Waals surface area contributed by atoms with Crippen LogP contribution in [0.5, 0.6) is 0 Å². The molecule has 0 saturated carbocycles. The Morgan fingerprint density at radius 1 is 1.15 bits per heavy atom. The second-order valence-corrected chi connectivity index (χ2v) is 4.79. The molecule has 20 heavy (non-hydrogen) atoms. The van der Waals surface area contributed by atoms with Crippen LogP contribution >= 0.6 is 12.2 Å². The summed E-state index contributed by atoms with van der Waals surface area (Å²) >= 11 is 4.71. The van der Waals surface area contributed by atoms with Crippen molar-refractivity contribution >= 4 is 28.6 Å². The number of nitrogens with two attached hydrogens (primary N) is 1. The molecule has 2 aromatic rings. The first-order valence-corrected chi connectivity index (χ1v) is 6.57. The Morgan fingerprint density at radius 2 is 1.70 bits per heavy atom. The number of hydrogen-bond donors (Lipinski definition) is 2. The average molecular weight is 292 g/mol. The molecule has 0 radical (unpaired) electrons. The first-order valence-electron chi connectivity index (χ1n) is 6.16. The van der Waals surface area contributed by atoms with Gasteiger partial charge in [0, 0.05) is 11.3 Å². The molecule has 3 N–H and O–H groups in total. The Labute approximate surface area is 121 Å². The number of halogens is 2. The fraction of sp³-hybridized carbons (Fsp3) is 0.133. The van der Waals surface area contributed by atoms with Crippen molar-refractivity contribution in [3.05, 3.63) is 59.2 Å². The summed E-state index contributed by atoms with van der Waals surface area (Å²) in [4.78, 5) is -0.0401. The van der Waals surface area contributed by atoms with Gasteiger partial charge in [-0.3, -0.25) is 0 Å². The molecular formula is C15H14F2N2S. The number of hydrogen-bond acceptors (Lipinski definition) is 2. The molecule has 0 saturated heterocycles. The van der Waals surface area contributed by atoms with E-state index in [9.17, 15) is 8.78 Å². The summed E-state index contributed by atoms with van der Waals surface area (Å²) in [5.41, 5.74) is 7.09. The Bertz CT molecular complexity index is 616. The summed E-state index contributed by atoms with van der Waals surface area (Å²) in [5, 5.41) is 2.72. The van der Waals surface area contributed by atoms with Gasteiger partial charge in [-0.05, 0) is 36.2 Å². The maximum absolute atomic E-state index is 13.9. The van der Waals surface area contributed by atoms with E-state index < -0.39 is 11.6 Å². The van der Waals surface area contributed by atoms with Crippen LogP contribution in [0.4, 0.5) is 20.2 Å². The fourth-order valence-electron chi connectivity index (χ4n) is 1.80. The van der Waals surface area contributed by atoms with Crippen LogP contribution in [0.1, 0.15) is 18.1 Å². The molecule has 0 fully saturated rings. The molecule has 0 atom stereocenters. The Kier molecular flexibility index (Phi) is 4.29. The van der Waals surface area contributed by atoms with Crippen LogP contribution in [0.15, 0.2) is 36.4 Å². The number of benzene rings is 2. The highest BCUT2D eigenvalue weighted by atomic mass is 32.1. The number of thiocarbonyl (C=S) groups is 1. The Balaban J connectivity index is 2.30. The van der Waals surface area contributed by atoms with E-state index >= 15 is 0 Å². The van der Waals surface area contributed by atoms with E-state index in [0.29, 0.717) is 5.69 Å². The van der Waals surface area contributed by atoms with E-state index in [2.05, 4.69) is 5.32 Å². The molecule has 0 spiro atoms. The first-order chi connectivity index (χ1) is 9.51. The molecule has 0 heterocycles. The molecule has 2 aromatic carbocycles. The van der Waals surface area contributed by atoms with E-state index in [1.165, 1.54) is 0 Å². The van der Waals surface area contributed by atoms with E-state index in [-0.39, 0.29) is 16.2 Å². The van der Waals surface area contributed by atoms with E-state index in [1.807, 2.05) is 19.1 Å². The highest BCUT2D eigenvalue weighted by molar-refractivity contribution is 7.80. The summed E-state index contributed by atoms with van der Waals surface area (Å²) in [6, 6.07) is 9.60. The molecular weight excluding hydrogens is 278 g/mol. The lowest BCUT2D eigenvalue weighted by Crippen LogP contribution is -2.11. The van der Waals surface area contributed by atoms with Gasteiger partial charge in [0.15, 0.2) is 0 Å². The van der Waals surface area contributed by atoms with Crippen LogP contribution in [-0.4, -0.2) is 4.99 Å². The molecule has 0 aliphatic carbocycles. The highest BCUT2D eigenvalue weighted by Crippen LogP contribution is 2.25. The number of aryl methyl sites for hydroxylation is 1. The minimum Gasteiger partial charge on any atom is -0.389 e. The molecule has 0 unspecified atom stereocenters. The van der Waals surface area contributed by atoms with Gasteiger partial charge in [-0.15, -0.1) is 0 Å². The van der Waals surface area contributed by atoms with Gasteiger partial charge in [0.05, 0.1) is 0 Å². The zero-order valence-corrected chi connectivity index (χ0v) is 11.7. The molecule has 0 aromatic heterocycles. The summed E-state index contributed by atoms with van der Waals surface area (Å²) in [7, 11) is 0. The predicted octanol–water partition coefficient (Wildman–Crippen LogP) is 3.91. The smallest absolute Gasteiger partial charge is 0.150 e. The number of anilines is 2. The van der Waals surface area contributed by atoms with Crippen molar-refractivity contribution < 1.29 is 8.78 Å². The molecule has 104 valence electrons. The summed E-state index contributed by atoms with van der Waals surface area (Å²) in [6.07, 6.45) is 0.908. The summed E-state index contributed by atoms with van der Waals surface area (Å²) < 4.78 is 27.8. The van der Waals surface area contributed by atoms with Crippen LogP contribution in [0.3, 0.4) is 0 Å². The zero-order chi connectivity index (χ0) is 14.7. The molecule has 0 aliphatic heterocycles. The van der Waals surface area contributed by atoms with Gasteiger partial charge in [-0.1, -0.05) is 31.3 Å². The zero-order valence-electron chi connectivity index (χ0n) is 10.9. The quantitative estimate of drug-likeness (QED) is 0.839. The van der Waals surface area contributed by atoms with Crippen LogP contribution in [0.2, 0.25) is 0 Å². The summed E-state index contributed by atoms with van der Waals surface area (Å²) in [6.45, 7) is 2.04. The lowest BCUT2D eigenvalue weighted by Gasteiger charge is -2.11. The molecule has 0 amide bonds. The van der Waals surface area contributed by atoms with Crippen LogP contribution < -0.4 is 11.1 Å². The molecule has 5 heteroatoms. The third-order valence-electron chi connectivity index (χ3n) is 2.96. The molecule has 2 rings (SSSR count). The molecule has 0 aliphatic rings. The van der Waals surface area contributed by atoms with E-state index in [4.69, 9.17) is 18.0 Å². The van der Waals surface area contributed by atoms with Crippen molar-refractivity contribution in [1.82, 2.24) is 0 Å². The Hall–Kier alpha value is -2.01. The largest absolute Gasteiger partial charge is 0.389 e.